The first-order chi connectivity index (χ1) is 15.8. The van der Waals surface area contributed by atoms with Gasteiger partial charge in [-0.05, 0) is 62.5 Å². The SMILES string of the molecule is CCCOc1ccc([C@@H]2C(=C(O)c3ccc(Cl)cc3)C(=O)C(=O)N2CCN(C)C)cc1OC. The van der Waals surface area contributed by atoms with Crippen LogP contribution in [0.4, 0.5) is 0 Å². The first-order valence-electron chi connectivity index (χ1n) is 10.8. The van der Waals surface area contributed by atoms with Crippen molar-refractivity contribution in [1.82, 2.24) is 9.80 Å². The molecule has 2 aromatic rings. The van der Waals surface area contributed by atoms with E-state index in [4.69, 9.17) is 21.1 Å². The van der Waals surface area contributed by atoms with Crippen LogP contribution in [0.5, 0.6) is 11.5 Å². The molecule has 1 amide bonds. The van der Waals surface area contributed by atoms with Crippen molar-refractivity contribution in [2.75, 3.05) is 40.9 Å². The topological polar surface area (TPSA) is 79.3 Å². The van der Waals surface area contributed by atoms with Gasteiger partial charge in [0, 0.05) is 23.7 Å². The van der Waals surface area contributed by atoms with Gasteiger partial charge in [0.2, 0.25) is 0 Å². The molecule has 1 saturated heterocycles. The molecule has 1 fully saturated rings. The number of ketones is 1. The van der Waals surface area contributed by atoms with Gasteiger partial charge in [0.25, 0.3) is 11.7 Å². The molecule has 176 valence electrons. The fraction of sp³-hybridized carbons (Fsp3) is 0.360. The van der Waals surface area contributed by atoms with Gasteiger partial charge in [0.05, 0.1) is 25.3 Å². The van der Waals surface area contributed by atoms with E-state index in [0.717, 1.165) is 6.42 Å². The van der Waals surface area contributed by atoms with Gasteiger partial charge in [-0.2, -0.15) is 0 Å². The molecule has 2 aromatic carbocycles. The summed E-state index contributed by atoms with van der Waals surface area (Å²) in [7, 11) is 5.32. The summed E-state index contributed by atoms with van der Waals surface area (Å²) in [5, 5.41) is 11.6. The minimum Gasteiger partial charge on any atom is -0.507 e. The zero-order chi connectivity index (χ0) is 24.1. The summed E-state index contributed by atoms with van der Waals surface area (Å²) < 4.78 is 11.3. The quantitative estimate of drug-likeness (QED) is 0.336. The van der Waals surface area contributed by atoms with Gasteiger partial charge in [-0.15, -0.1) is 0 Å². The normalized spacial score (nSPS) is 17.6. The van der Waals surface area contributed by atoms with Crippen molar-refractivity contribution in [3.8, 4) is 11.5 Å². The van der Waals surface area contributed by atoms with Crippen molar-refractivity contribution in [2.45, 2.75) is 19.4 Å². The minimum atomic E-state index is -0.769. The number of aliphatic hydroxyl groups excluding tert-OH is 1. The molecular formula is C25H29ClN2O5. The molecule has 0 aromatic heterocycles. The third-order valence-electron chi connectivity index (χ3n) is 5.41. The number of carbonyl (C=O) groups is 2. The van der Waals surface area contributed by atoms with E-state index < -0.39 is 17.7 Å². The summed E-state index contributed by atoms with van der Waals surface area (Å²) in [6, 6.07) is 11.0. The second kappa shape index (κ2) is 10.7. The lowest BCUT2D eigenvalue weighted by Gasteiger charge is -2.27. The number of nitrogens with zero attached hydrogens (tertiary/aromatic N) is 2. The highest BCUT2D eigenvalue weighted by Crippen LogP contribution is 2.42. The number of benzene rings is 2. The number of Topliss-reactive ketones (excluding diaryl/α,β-unsaturated/α-hetero) is 1. The average Bonchev–Trinajstić information content (AvgIpc) is 3.06. The van der Waals surface area contributed by atoms with Crippen LogP contribution < -0.4 is 9.47 Å². The standard InChI is InChI=1S/C25H29ClN2O5/c1-5-14-33-19-11-8-17(15-20(19)32-4)22-21(23(29)16-6-9-18(26)10-7-16)24(30)25(31)28(22)13-12-27(2)3/h6-11,15,22,29H,5,12-14H2,1-4H3/t22-/m1/s1. The van der Waals surface area contributed by atoms with Gasteiger partial charge in [0.1, 0.15) is 5.76 Å². The maximum Gasteiger partial charge on any atom is 0.295 e. The van der Waals surface area contributed by atoms with Crippen LogP contribution in [0.25, 0.3) is 5.76 Å². The second-order valence-electron chi connectivity index (χ2n) is 8.06. The van der Waals surface area contributed by atoms with Crippen molar-refractivity contribution >= 4 is 29.1 Å². The highest BCUT2D eigenvalue weighted by Gasteiger charge is 2.46. The molecule has 33 heavy (non-hydrogen) atoms. The predicted molar refractivity (Wildman–Crippen MR) is 128 cm³/mol. The van der Waals surface area contributed by atoms with E-state index in [-0.39, 0.29) is 11.3 Å². The highest BCUT2D eigenvalue weighted by atomic mass is 35.5. The van der Waals surface area contributed by atoms with E-state index >= 15 is 0 Å². The fourth-order valence-corrected chi connectivity index (χ4v) is 3.84. The van der Waals surface area contributed by atoms with Crippen LogP contribution in [0.15, 0.2) is 48.0 Å². The molecule has 0 radical (unpaired) electrons. The van der Waals surface area contributed by atoms with Crippen molar-refractivity contribution < 1.29 is 24.2 Å². The van der Waals surface area contributed by atoms with Crippen molar-refractivity contribution in [3.05, 3.63) is 64.2 Å². The number of hydrogen-bond donors (Lipinski definition) is 1. The molecular weight excluding hydrogens is 444 g/mol. The Morgan fingerprint density at radius 2 is 1.82 bits per heavy atom. The molecule has 8 heteroatoms. The van der Waals surface area contributed by atoms with E-state index in [2.05, 4.69) is 0 Å². The number of aliphatic hydroxyl groups is 1. The third kappa shape index (κ3) is 5.31. The molecule has 1 aliphatic rings. The summed E-state index contributed by atoms with van der Waals surface area (Å²) in [5.74, 6) is -0.552. The zero-order valence-corrected chi connectivity index (χ0v) is 20.1. The fourth-order valence-electron chi connectivity index (χ4n) is 3.71. The van der Waals surface area contributed by atoms with Crippen LogP contribution in [0.2, 0.25) is 5.02 Å². The number of likely N-dealkylation sites (N-methyl/N-ethyl adjacent to an activating group) is 1. The molecule has 3 rings (SSSR count). The number of methoxy groups -OCH3 is 1. The van der Waals surface area contributed by atoms with Crippen molar-refractivity contribution in [2.24, 2.45) is 0 Å². The van der Waals surface area contributed by atoms with Crippen LogP contribution in [0.1, 0.15) is 30.5 Å². The molecule has 1 atom stereocenters. The first kappa shape index (κ1) is 24.6. The predicted octanol–water partition coefficient (Wildman–Crippen LogP) is 4.12. The number of carbonyl (C=O) groups excluding carboxylic acids is 2. The lowest BCUT2D eigenvalue weighted by Crippen LogP contribution is -2.35. The van der Waals surface area contributed by atoms with Crippen molar-refractivity contribution in [1.29, 1.82) is 0 Å². The maximum absolute atomic E-state index is 13.1. The molecule has 0 aliphatic carbocycles. The number of rotatable bonds is 9. The molecule has 1 heterocycles. The van der Waals surface area contributed by atoms with Gasteiger partial charge in [-0.3, -0.25) is 9.59 Å². The number of likely N-dealkylation sites (tertiary alicyclic amines) is 1. The van der Waals surface area contributed by atoms with Gasteiger partial charge in [-0.1, -0.05) is 24.6 Å². The summed E-state index contributed by atoms with van der Waals surface area (Å²) in [5.41, 5.74) is 1.08. The third-order valence-corrected chi connectivity index (χ3v) is 5.66. The van der Waals surface area contributed by atoms with Crippen molar-refractivity contribution in [3.63, 3.8) is 0 Å². The number of amides is 1. The Labute approximate surface area is 199 Å². The van der Waals surface area contributed by atoms with Gasteiger partial charge in [0.15, 0.2) is 11.5 Å². The Hall–Kier alpha value is -3.03. The van der Waals surface area contributed by atoms with Crippen LogP contribution in [0.3, 0.4) is 0 Å². The Bertz CT molecular complexity index is 1050. The Morgan fingerprint density at radius 1 is 1.12 bits per heavy atom. The Kier molecular flexibility index (Phi) is 8.00. The highest BCUT2D eigenvalue weighted by molar-refractivity contribution is 6.46. The summed E-state index contributed by atoms with van der Waals surface area (Å²) in [4.78, 5) is 29.5. The molecule has 7 nitrogen and oxygen atoms in total. The molecule has 0 unspecified atom stereocenters. The van der Waals surface area contributed by atoms with Gasteiger partial charge in [-0.25, -0.2) is 0 Å². The Morgan fingerprint density at radius 3 is 2.42 bits per heavy atom. The summed E-state index contributed by atoms with van der Waals surface area (Å²) in [6.07, 6.45) is 0.844. The number of halogens is 1. The largest absolute Gasteiger partial charge is 0.507 e. The number of ether oxygens (including phenoxy) is 2. The molecule has 1 N–H and O–H groups in total. The summed E-state index contributed by atoms with van der Waals surface area (Å²) >= 11 is 5.97. The average molecular weight is 473 g/mol. The lowest BCUT2D eigenvalue weighted by atomic mass is 9.95. The van der Waals surface area contributed by atoms with E-state index in [1.54, 1.807) is 42.5 Å². The Balaban J connectivity index is 2.14. The molecule has 1 aliphatic heterocycles. The van der Waals surface area contributed by atoms with E-state index in [1.165, 1.54) is 12.0 Å². The molecule has 0 saturated carbocycles. The van der Waals surface area contributed by atoms with Gasteiger partial charge < -0.3 is 24.4 Å². The zero-order valence-electron chi connectivity index (χ0n) is 19.3. The van der Waals surface area contributed by atoms with E-state index in [1.807, 2.05) is 25.9 Å². The van der Waals surface area contributed by atoms with Gasteiger partial charge >= 0.3 is 0 Å². The lowest BCUT2D eigenvalue weighted by molar-refractivity contribution is -0.140. The minimum absolute atomic E-state index is 0.0327. The first-order valence-corrected chi connectivity index (χ1v) is 11.2. The second-order valence-corrected chi connectivity index (χ2v) is 8.50. The maximum atomic E-state index is 13.1. The van der Waals surface area contributed by atoms with Crippen LogP contribution in [-0.4, -0.2) is 67.5 Å². The smallest absolute Gasteiger partial charge is 0.295 e. The van der Waals surface area contributed by atoms with Crippen LogP contribution >= 0.6 is 11.6 Å². The monoisotopic (exact) mass is 472 g/mol. The summed E-state index contributed by atoms with van der Waals surface area (Å²) in [6.45, 7) is 3.42. The van der Waals surface area contributed by atoms with E-state index in [9.17, 15) is 14.7 Å². The molecule has 0 spiro atoms. The van der Waals surface area contributed by atoms with Crippen LogP contribution in [0, 0.1) is 0 Å². The number of hydrogen-bond acceptors (Lipinski definition) is 6. The van der Waals surface area contributed by atoms with Crippen LogP contribution in [-0.2, 0) is 9.59 Å². The molecule has 0 bridgehead atoms. The van der Waals surface area contributed by atoms with E-state index in [0.29, 0.717) is 47.3 Å².